The molecule has 0 fully saturated rings. The van der Waals surface area contributed by atoms with Gasteiger partial charge in [-0.05, 0) is 3.82 Å². The first-order chi connectivity index (χ1) is 9.15. The summed E-state index contributed by atoms with van der Waals surface area (Å²) < 4.78 is 161. The molecule has 22 heavy (non-hydrogen) atoms. The van der Waals surface area contributed by atoms with E-state index in [1.165, 1.54) is 0 Å². The van der Waals surface area contributed by atoms with Crippen LogP contribution in [0.15, 0.2) is 0 Å². The van der Waals surface area contributed by atoms with Gasteiger partial charge < -0.3 is 0 Å². The zero-order valence-electron chi connectivity index (χ0n) is 9.25. The van der Waals surface area contributed by atoms with E-state index in [9.17, 15) is 60.7 Å². The average Bonchev–Trinajstić information content (AvgIpc) is 2.24. The minimum Gasteiger partial charge on any atom is -0.240 e. The number of halogens is 10. The smallest absolute Gasteiger partial charge is 0.240 e. The Morgan fingerprint density at radius 2 is 0.773 bits per heavy atom. The van der Waals surface area contributed by atoms with E-state index in [0.29, 0.717) is 0 Å². The molecule has 18 heteroatoms. The Balaban J connectivity index is 6.27. The molecule has 0 bridgehead atoms. The minimum absolute atomic E-state index is 2.86. The van der Waals surface area contributed by atoms with Gasteiger partial charge in [0, 0.05) is 0 Å². The molecule has 0 aromatic rings. The van der Waals surface area contributed by atoms with E-state index in [0.717, 1.165) is 0 Å². The predicted octanol–water partition coefficient (Wildman–Crippen LogP) is 1.13. The van der Waals surface area contributed by atoms with E-state index in [4.69, 9.17) is 0 Å². The zero-order chi connectivity index (χ0) is 18.6. The molecule has 0 aliphatic carbocycles. The molecule has 0 rings (SSSR count). The van der Waals surface area contributed by atoms with Gasteiger partial charge in [0.15, 0.2) is 0 Å². The number of nitrogens with zero attached hydrogens (tertiary/aromatic N) is 1. The molecule has 0 unspecified atom stereocenters. The molecule has 0 aromatic heterocycles. The second-order valence-electron chi connectivity index (χ2n) is 3.26. The summed E-state index contributed by atoms with van der Waals surface area (Å²) in [4.78, 5) is 0. The third-order valence-corrected chi connectivity index (χ3v) is 5.67. The second-order valence-corrected chi connectivity index (χ2v) is 7.21. The predicted molar refractivity (Wildman–Crippen MR) is 45.9 cm³/mol. The Labute approximate surface area is 114 Å². The van der Waals surface area contributed by atoms with Crippen molar-refractivity contribution in [2.24, 2.45) is 5.84 Å². The van der Waals surface area contributed by atoms with Crippen LogP contribution in [0.2, 0.25) is 0 Å². The highest BCUT2D eigenvalue weighted by Gasteiger charge is 2.75. The van der Waals surface area contributed by atoms with Crippen LogP contribution in [-0.4, -0.2) is 43.5 Å². The molecule has 0 aromatic carbocycles. The van der Waals surface area contributed by atoms with Crippen molar-refractivity contribution < 1.29 is 60.7 Å². The minimum atomic E-state index is -7.71. The first kappa shape index (κ1) is 21.1. The molecule has 134 valence electrons. The number of hydrogen-bond acceptors (Lipinski definition) is 5. The van der Waals surface area contributed by atoms with E-state index in [1.54, 1.807) is 0 Å². The quantitative estimate of drug-likeness (QED) is 0.437. The topological polar surface area (TPSA) is 97.5 Å². The molecule has 0 aliphatic rings. The van der Waals surface area contributed by atoms with Crippen molar-refractivity contribution in [2.45, 2.75) is 22.9 Å². The van der Waals surface area contributed by atoms with Gasteiger partial charge in [0.05, 0.1) is 0 Å². The molecule has 0 aliphatic heterocycles. The number of nitrogens with two attached hydrogens (primary N) is 1. The van der Waals surface area contributed by atoms with E-state index >= 15 is 0 Å². The molecule has 0 spiro atoms. The van der Waals surface area contributed by atoms with Gasteiger partial charge in [0.1, 0.15) is 0 Å². The van der Waals surface area contributed by atoms with Crippen LogP contribution < -0.4 is 5.84 Å². The highest BCUT2D eigenvalue weighted by Crippen LogP contribution is 2.45. The van der Waals surface area contributed by atoms with Crippen molar-refractivity contribution in [1.29, 1.82) is 0 Å². The van der Waals surface area contributed by atoms with Gasteiger partial charge in [-0.1, -0.05) is 0 Å². The lowest BCUT2D eigenvalue weighted by Crippen LogP contribution is -2.61. The van der Waals surface area contributed by atoms with E-state index < -0.39 is 46.7 Å². The largest absolute Gasteiger partial charge is 0.471 e. The van der Waals surface area contributed by atoms with E-state index in [1.807, 2.05) is 0 Å². The first-order valence-corrected chi connectivity index (χ1v) is 6.97. The lowest BCUT2D eigenvalue weighted by Gasteiger charge is -2.27. The maximum absolute atomic E-state index is 12.5. The summed E-state index contributed by atoms with van der Waals surface area (Å²) in [6, 6.07) is 0. The summed E-state index contributed by atoms with van der Waals surface area (Å²) in [5, 5.41) is -14.1. The van der Waals surface area contributed by atoms with Crippen molar-refractivity contribution in [3.8, 4) is 0 Å². The number of hydrazine groups is 1. The Morgan fingerprint density at radius 3 is 0.909 bits per heavy atom. The van der Waals surface area contributed by atoms with Gasteiger partial charge in [-0.15, -0.1) is 0 Å². The lowest BCUT2D eigenvalue weighted by atomic mass is 10.7. The molecular formula is C4H2F10N2O4S2. The van der Waals surface area contributed by atoms with Crippen LogP contribution in [0.3, 0.4) is 0 Å². The fourth-order valence-electron chi connectivity index (χ4n) is 0.648. The monoisotopic (exact) mass is 396 g/mol. The molecule has 0 atom stereocenters. The summed E-state index contributed by atoms with van der Waals surface area (Å²) in [6.45, 7) is 0. The maximum Gasteiger partial charge on any atom is 0.471 e. The third-order valence-electron chi connectivity index (χ3n) is 1.78. The van der Waals surface area contributed by atoms with Crippen molar-refractivity contribution in [3.63, 3.8) is 0 Å². The van der Waals surface area contributed by atoms with Gasteiger partial charge in [0.25, 0.3) is 0 Å². The van der Waals surface area contributed by atoms with Gasteiger partial charge >= 0.3 is 42.9 Å². The van der Waals surface area contributed by atoms with Gasteiger partial charge in [-0.2, -0.15) is 43.9 Å². The second kappa shape index (κ2) is 5.06. The maximum atomic E-state index is 12.5. The Kier molecular flexibility index (Phi) is 4.86. The van der Waals surface area contributed by atoms with Gasteiger partial charge in [-0.25, -0.2) is 22.7 Å². The van der Waals surface area contributed by atoms with Crippen LogP contribution in [0.4, 0.5) is 43.9 Å². The van der Waals surface area contributed by atoms with Crippen molar-refractivity contribution in [1.82, 2.24) is 3.82 Å². The summed E-state index contributed by atoms with van der Waals surface area (Å²) in [7, 11) is -15.4. The van der Waals surface area contributed by atoms with Crippen molar-refractivity contribution in [3.05, 3.63) is 0 Å². The summed E-state index contributed by atoms with van der Waals surface area (Å²) in [6.07, 6.45) is -14.1. The normalized spacial score (nSPS) is 16.2. The van der Waals surface area contributed by atoms with Gasteiger partial charge in [0.2, 0.25) is 0 Å². The van der Waals surface area contributed by atoms with Crippen molar-refractivity contribution in [2.75, 3.05) is 0 Å². The Morgan fingerprint density at radius 1 is 0.591 bits per heavy atom. The fourth-order valence-corrected chi connectivity index (χ4v) is 3.28. The molecule has 0 amide bonds. The number of sulfonamides is 2. The van der Waals surface area contributed by atoms with Crippen LogP contribution in [0.1, 0.15) is 0 Å². The highest BCUT2D eigenvalue weighted by molar-refractivity contribution is 8.04. The molecular weight excluding hydrogens is 394 g/mol. The Hall–Kier alpha value is -0.880. The average molecular weight is 396 g/mol. The Bertz CT molecular complexity index is 575. The number of hydrogen-bond donors (Lipinski definition) is 1. The SMILES string of the molecule is NN(S(=O)(=O)C(F)(F)C(F)(F)F)S(=O)(=O)C(F)(F)C(F)(F)F. The third kappa shape index (κ3) is 2.83. The van der Waals surface area contributed by atoms with Crippen LogP contribution in [0.25, 0.3) is 0 Å². The molecule has 0 saturated heterocycles. The van der Waals surface area contributed by atoms with Crippen molar-refractivity contribution >= 4 is 20.0 Å². The summed E-state index contributed by atoms with van der Waals surface area (Å²) >= 11 is 0. The fraction of sp³-hybridized carbons (Fsp3) is 1.00. The first-order valence-electron chi connectivity index (χ1n) is 4.09. The number of alkyl halides is 10. The molecule has 0 heterocycles. The molecule has 2 N–H and O–H groups in total. The highest BCUT2D eigenvalue weighted by atomic mass is 32.3. The lowest BCUT2D eigenvalue weighted by molar-refractivity contribution is -0.244. The standard InChI is InChI=1S/C4H2F10N2O4S2/c5-1(6,7)3(11,12)21(17,18)16(15)22(19,20)4(13,14)2(8,9)10/h15H2. The summed E-state index contributed by atoms with van der Waals surface area (Å²) in [5.41, 5.74) is 0. The van der Waals surface area contributed by atoms with Crippen LogP contribution >= 0.6 is 0 Å². The van der Waals surface area contributed by atoms with Crippen LogP contribution in [-0.2, 0) is 20.0 Å². The molecule has 6 nitrogen and oxygen atoms in total. The molecule has 0 saturated carbocycles. The van der Waals surface area contributed by atoms with Crippen LogP contribution in [0, 0.1) is 0 Å². The zero-order valence-corrected chi connectivity index (χ0v) is 10.9. The number of rotatable bonds is 4. The van der Waals surface area contributed by atoms with E-state index in [-0.39, 0.29) is 0 Å². The molecule has 0 radical (unpaired) electrons. The van der Waals surface area contributed by atoms with E-state index in [2.05, 4.69) is 5.84 Å². The van der Waals surface area contributed by atoms with Crippen LogP contribution in [0.5, 0.6) is 0 Å². The van der Waals surface area contributed by atoms with Gasteiger partial charge in [-0.3, -0.25) is 0 Å². The summed E-state index contributed by atoms with van der Waals surface area (Å²) in [5.74, 6) is 3.69.